The highest BCUT2D eigenvalue weighted by Gasteiger charge is 2.10. The van der Waals surface area contributed by atoms with Crippen molar-refractivity contribution in [3.63, 3.8) is 0 Å². The highest BCUT2D eigenvalue weighted by Crippen LogP contribution is 2.26. The maximum absolute atomic E-state index is 12.0. The molecular weight excluding hydrogens is 294 g/mol. The second kappa shape index (κ2) is 5.18. The van der Waals surface area contributed by atoms with Gasteiger partial charge in [0.2, 0.25) is 0 Å². The quantitative estimate of drug-likeness (QED) is 0.896. The van der Waals surface area contributed by atoms with Gasteiger partial charge in [0.05, 0.1) is 5.69 Å². The number of rotatable bonds is 2. The van der Waals surface area contributed by atoms with Gasteiger partial charge in [-0.2, -0.15) is 0 Å². The smallest absolute Gasteiger partial charge is 0.274 e. The van der Waals surface area contributed by atoms with Gasteiger partial charge in [0.15, 0.2) is 0 Å². The summed E-state index contributed by atoms with van der Waals surface area (Å²) >= 11 is 3.44. The zero-order valence-electron chi connectivity index (χ0n) is 9.77. The number of anilines is 2. The standard InChI is InChI=1S/C13H12BrN3O/c1-8-4-2-5-9(12(8)14)17-13(18)10-6-3-7-11(15)16-10/h2-7H,1H3,(H2,15,16)(H,17,18). The van der Waals surface area contributed by atoms with Gasteiger partial charge in [-0.05, 0) is 46.6 Å². The summed E-state index contributed by atoms with van der Waals surface area (Å²) in [7, 11) is 0. The lowest BCUT2D eigenvalue weighted by Crippen LogP contribution is -2.14. The molecule has 4 nitrogen and oxygen atoms in total. The molecule has 0 saturated heterocycles. The van der Waals surface area contributed by atoms with Crippen LogP contribution in [0.15, 0.2) is 40.9 Å². The summed E-state index contributed by atoms with van der Waals surface area (Å²) in [5.74, 6) is 0.0413. The summed E-state index contributed by atoms with van der Waals surface area (Å²) in [6.07, 6.45) is 0. The minimum atomic E-state index is -0.284. The van der Waals surface area contributed by atoms with E-state index in [4.69, 9.17) is 5.73 Å². The SMILES string of the molecule is Cc1cccc(NC(=O)c2cccc(N)n2)c1Br. The lowest BCUT2D eigenvalue weighted by Gasteiger charge is -2.08. The first kappa shape index (κ1) is 12.6. The highest BCUT2D eigenvalue weighted by molar-refractivity contribution is 9.10. The number of pyridine rings is 1. The lowest BCUT2D eigenvalue weighted by molar-refractivity contribution is 0.102. The van der Waals surface area contributed by atoms with E-state index in [1.807, 2.05) is 25.1 Å². The number of halogens is 1. The Hall–Kier alpha value is -1.88. The fraction of sp³-hybridized carbons (Fsp3) is 0.0769. The van der Waals surface area contributed by atoms with E-state index >= 15 is 0 Å². The summed E-state index contributed by atoms with van der Waals surface area (Å²) in [4.78, 5) is 16.0. The minimum Gasteiger partial charge on any atom is -0.384 e. The Labute approximate surface area is 113 Å². The largest absolute Gasteiger partial charge is 0.384 e. The molecule has 0 saturated carbocycles. The van der Waals surface area contributed by atoms with Crippen molar-refractivity contribution < 1.29 is 4.79 Å². The number of nitrogens with zero attached hydrogens (tertiary/aromatic N) is 1. The second-order valence-corrected chi connectivity index (χ2v) is 4.63. The molecule has 0 fully saturated rings. The normalized spacial score (nSPS) is 10.1. The Morgan fingerprint density at radius 2 is 2.00 bits per heavy atom. The fourth-order valence-electron chi connectivity index (χ4n) is 1.51. The molecule has 0 bridgehead atoms. The van der Waals surface area contributed by atoms with Crippen LogP contribution >= 0.6 is 15.9 Å². The molecule has 18 heavy (non-hydrogen) atoms. The van der Waals surface area contributed by atoms with Crippen LogP contribution in [-0.4, -0.2) is 10.9 Å². The van der Waals surface area contributed by atoms with Crippen molar-refractivity contribution in [2.45, 2.75) is 6.92 Å². The van der Waals surface area contributed by atoms with Gasteiger partial charge in [-0.25, -0.2) is 4.98 Å². The summed E-state index contributed by atoms with van der Waals surface area (Å²) in [6, 6.07) is 10.6. The van der Waals surface area contributed by atoms with Crippen LogP contribution in [0.5, 0.6) is 0 Å². The zero-order valence-corrected chi connectivity index (χ0v) is 11.4. The van der Waals surface area contributed by atoms with Crippen molar-refractivity contribution in [3.05, 3.63) is 52.1 Å². The second-order valence-electron chi connectivity index (χ2n) is 3.84. The monoisotopic (exact) mass is 305 g/mol. The third-order valence-electron chi connectivity index (χ3n) is 2.44. The summed E-state index contributed by atoms with van der Waals surface area (Å²) in [5.41, 5.74) is 7.60. The fourth-order valence-corrected chi connectivity index (χ4v) is 1.87. The van der Waals surface area contributed by atoms with Gasteiger partial charge in [-0.3, -0.25) is 4.79 Å². The van der Waals surface area contributed by atoms with E-state index in [0.717, 1.165) is 10.0 Å². The lowest BCUT2D eigenvalue weighted by atomic mass is 10.2. The third-order valence-corrected chi connectivity index (χ3v) is 3.50. The average molecular weight is 306 g/mol. The van der Waals surface area contributed by atoms with Gasteiger partial charge in [0.25, 0.3) is 5.91 Å². The molecule has 0 aliphatic carbocycles. The van der Waals surface area contributed by atoms with Crippen LogP contribution < -0.4 is 11.1 Å². The maximum atomic E-state index is 12.0. The Morgan fingerprint density at radius 3 is 2.72 bits per heavy atom. The van der Waals surface area contributed by atoms with Crippen LogP contribution in [-0.2, 0) is 0 Å². The van der Waals surface area contributed by atoms with Crippen LogP contribution in [0, 0.1) is 6.92 Å². The van der Waals surface area contributed by atoms with Crippen molar-refractivity contribution in [1.82, 2.24) is 4.98 Å². The van der Waals surface area contributed by atoms with Gasteiger partial charge in [0.1, 0.15) is 11.5 Å². The number of nitrogens with two attached hydrogens (primary N) is 1. The van der Waals surface area contributed by atoms with Crippen LogP contribution in [0.1, 0.15) is 16.1 Å². The van der Waals surface area contributed by atoms with Crippen molar-refractivity contribution in [1.29, 1.82) is 0 Å². The van der Waals surface area contributed by atoms with E-state index in [-0.39, 0.29) is 5.91 Å². The van der Waals surface area contributed by atoms with Gasteiger partial charge >= 0.3 is 0 Å². The molecule has 0 atom stereocenters. The Balaban J connectivity index is 2.24. The molecule has 92 valence electrons. The molecule has 5 heteroatoms. The topological polar surface area (TPSA) is 68.0 Å². The van der Waals surface area contributed by atoms with E-state index in [2.05, 4.69) is 26.2 Å². The summed E-state index contributed by atoms with van der Waals surface area (Å²) < 4.78 is 0.863. The molecule has 1 amide bonds. The van der Waals surface area contributed by atoms with Crippen molar-refractivity contribution in [3.8, 4) is 0 Å². The van der Waals surface area contributed by atoms with Crippen LogP contribution in [0.3, 0.4) is 0 Å². The van der Waals surface area contributed by atoms with E-state index in [1.165, 1.54) is 0 Å². The number of carbonyl (C=O) groups excluding carboxylic acids is 1. The maximum Gasteiger partial charge on any atom is 0.274 e. The van der Waals surface area contributed by atoms with Gasteiger partial charge in [-0.15, -0.1) is 0 Å². The molecule has 1 aromatic carbocycles. The van der Waals surface area contributed by atoms with Gasteiger partial charge in [0, 0.05) is 4.47 Å². The molecule has 0 unspecified atom stereocenters. The number of aryl methyl sites for hydroxylation is 1. The average Bonchev–Trinajstić information content (AvgIpc) is 2.35. The molecule has 0 aliphatic rings. The van der Waals surface area contributed by atoms with Crippen molar-refractivity contribution in [2.24, 2.45) is 0 Å². The predicted octanol–water partition coefficient (Wildman–Crippen LogP) is 2.99. The zero-order chi connectivity index (χ0) is 13.1. The molecule has 0 spiro atoms. The first-order chi connectivity index (χ1) is 8.58. The Kier molecular flexibility index (Phi) is 3.62. The number of amides is 1. The highest BCUT2D eigenvalue weighted by atomic mass is 79.9. The van der Waals surface area contributed by atoms with E-state index in [1.54, 1.807) is 18.2 Å². The summed E-state index contributed by atoms with van der Waals surface area (Å²) in [6.45, 7) is 1.96. The number of carbonyl (C=O) groups is 1. The number of nitrogens with one attached hydrogen (secondary N) is 1. The van der Waals surface area contributed by atoms with Crippen molar-refractivity contribution >= 4 is 33.3 Å². The number of hydrogen-bond acceptors (Lipinski definition) is 3. The molecule has 2 rings (SSSR count). The molecule has 1 aromatic heterocycles. The molecule has 3 N–H and O–H groups in total. The van der Waals surface area contributed by atoms with E-state index in [9.17, 15) is 4.79 Å². The molecule has 2 aromatic rings. The van der Waals surface area contributed by atoms with Gasteiger partial charge < -0.3 is 11.1 Å². The van der Waals surface area contributed by atoms with E-state index < -0.39 is 0 Å². The number of hydrogen-bond donors (Lipinski definition) is 2. The van der Waals surface area contributed by atoms with Gasteiger partial charge in [-0.1, -0.05) is 18.2 Å². The van der Waals surface area contributed by atoms with Crippen LogP contribution in [0.2, 0.25) is 0 Å². The first-order valence-electron chi connectivity index (χ1n) is 5.37. The number of aromatic nitrogens is 1. The summed E-state index contributed by atoms with van der Waals surface area (Å²) in [5, 5.41) is 2.79. The minimum absolute atomic E-state index is 0.284. The van der Waals surface area contributed by atoms with Crippen LogP contribution in [0.25, 0.3) is 0 Å². The number of benzene rings is 1. The molecule has 1 heterocycles. The Bertz CT molecular complexity index is 599. The third kappa shape index (κ3) is 2.68. The van der Waals surface area contributed by atoms with E-state index in [0.29, 0.717) is 17.2 Å². The van der Waals surface area contributed by atoms with Crippen molar-refractivity contribution in [2.75, 3.05) is 11.1 Å². The first-order valence-corrected chi connectivity index (χ1v) is 6.16. The molecule has 0 aliphatic heterocycles. The molecule has 0 radical (unpaired) electrons. The number of nitrogen functional groups attached to an aromatic ring is 1. The molecular formula is C13H12BrN3O. The Morgan fingerprint density at radius 1 is 1.28 bits per heavy atom. The predicted molar refractivity (Wildman–Crippen MR) is 75.5 cm³/mol. The van der Waals surface area contributed by atoms with Crippen LogP contribution in [0.4, 0.5) is 11.5 Å².